The minimum Gasteiger partial charge on any atom is -0.365 e. The van der Waals surface area contributed by atoms with Gasteiger partial charge in [0.25, 0.3) is 0 Å². The summed E-state index contributed by atoms with van der Waals surface area (Å²) in [6.07, 6.45) is 14.5. The van der Waals surface area contributed by atoms with Crippen molar-refractivity contribution >= 4 is 0 Å². The van der Waals surface area contributed by atoms with Crippen LogP contribution < -0.4 is 0 Å². The Kier molecular flexibility index (Phi) is 2.25. The summed E-state index contributed by atoms with van der Waals surface area (Å²) < 4.78 is 13.6. The van der Waals surface area contributed by atoms with Crippen LogP contribution in [0.25, 0.3) is 0 Å². The van der Waals surface area contributed by atoms with E-state index in [1.165, 1.54) is 51.4 Å². The van der Waals surface area contributed by atoms with Crippen molar-refractivity contribution in [2.75, 3.05) is 0 Å². The summed E-state index contributed by atoms with van der Waals surface area (Å²) in [5.74, 6) is 0.275. The molecule has 4 saturated carbocycles. The Bertz CT molecular complexity index is 535. The van der Waals surface area contributed by atoms with Gasteiger partial charge in [-0.3, -0.25) is 0 Å². The fraction of sp³-hybridized carbons (Fsp3) is 1.00. The van der Waals surface area contributed by atoms with Gasteiger partial charge in [-0.15, -0.1) is 0 Å². The molecule has 122 valence electrons. The highest BCUT2D eigenvalue weighted by atomic mass is 16.8. The van der Waals surface area contributed by atoms with E-state index < -0.39 is 11.6 Å². The summed E-state index contributed by atoms with van der Waals surface area (Å²) in [5, 5.41) is 11.7. The predicted molar refractivity (Wildman–Crippen MR) is 80.9 cm³/mol. The van der Waals surface area contributed by atoms with Gasteiger partial charge < -0.3 is 14.6 Å². The van der Waals surface area contributed by atoms with Gasteiger partial charge in [-0.25, -0.2) is 0 Å². The number of hydrogen-bond acceptors (Lipinski definition) is 3. The molecule has 0 unspecified atom stereocenters. The van der Waals surface area contributed by atoms with Crippen LogP contribution in [0.2, 0.25) is 0 Å². The van der Waals surface area contributed by atoms with E-state index in [0.29, 0.717) is 17.8 Å². The molecule has 3 spiro atoms. The molecule has 5 bridgehead atoms. The van der Waals surface area contributed by atoms with E-state index in [4.69, 9.17) is 9.47 Å². The van der Waals surface area contributed by atoms with Crippen molar-refractivity contribution in [3.63, 3.8) is 0 Å². The second-order valence-corrected chi connectivity index (χ2v) is 9.24. The van der Waals surface area contributed by atoms with E-state index in [2.05, 4.69) is 0 Å². The molecule has 3 nitrogen and oxygen atoms in total. The van der Waals surface area contributed by atoms with Crippen molar-refractivity contribution in [1.82, 2.24) is 0 Å². The van der Waals surface area contributed by atoms with Crippen molar-refractivity contribution in [2.24, 2.45) is 23.2 Å². The monoisotopic (exact) mass is 304 g/mol. The van der Waals surface area contributed by atoms with Gasteiger partial charge in [0.1, 0.15) is 0 Å². The predicted octanol–water partition coefficient (Wildman–Crippen LogP) is 3.74. The Morgan fingerprint density at radius 3 is 2.50 bits per heavy atom. The van der Waals surface area contributed by atoms with Crippen molar-refractivity contribution in [2.45, 2.75) is 94.2 Å². The average Bonchev–Trinajstić information content (AvgIpc) is 2.70. The standard InChI is InChI=1S/C19H28O3/c20-19-14-7-10-16(19)12-15-6-2-4-9-18(15,22-19)21-17(16)8-3-1-5-13(17)11-14/h13-15,20H,1-12H2/t13-,14-,15+,16-,17-,18-,19+/m0/s1. The molecule has 1 N–H and O–H groups in total. The maximum absolute atomic E-state index is 11.7. The largest absolute Gasteiger partial charge is 0.365 e. The molecule has 0 aromatic rings. The molecule has 7 aliphatic rings. The zero-order chi connectivity index (χ0) is 14.6. The zero-order valence-electron chi connectivity index (χ0n) is 13.5. The smallest absolute Gasteiger partial charge is 0.180 e. The first-order chi connectivity index (χ1) is 10.6. The molecule has 3 aliphatic heterocycles. The molecule has 7 rings (SSSR count). The highest BCUT2D eigenvalue weighted by molar-refractivity contribution is 5.27. The number of aliphatic hydroxyl groups is 1. The molecule has 7 fully saturated rings. The first-order valence-electron chi connectivity index (χ1n) is 9.77. The molecule has 0 amide bonds. The first kappa shape index (κ1) is 13.2. The molecule has 7 atom stereocenters. The number of ether oxygens (including phenoxy) is 2. The lowest BCUT2D eigenvalue weighted by Crippen LogP contribution is -2.82. The van der Waals surface area contributed by atoms with Gasteiger partial charge in [0.2, 0.25) is 0 Å². The Morgan fingerprint density at radius 2 is 1.59 bits per heavy atom. The summed E-state index contributed by atoms with van der Waals surface area (Å²) in [6.45, 7) is 0. The lowest BCUT2D eigenvalue weighted by Gasteiger charge is -2.75. The fourth-order valence-corrected chi connectivity index (χ4v) is 8.04. The van der Waals surface area contributed by atoms with Crippen LogP contribution in [0.5, 0.6) is 0 Å². The van der Waals surface area contributed by atoms with E-state index >= 15 is 0 Å². The quantitative estimate of drug-likeness (QED) is 0.741. The maximum atomic E-state index is 11.7. The third-order valence-corrected chi connectivity index (χ3v) is 8.78. The number of rotatable bonds is 0. The normalized spacial score (nSPS) is 65.0. The van der Waals surface area contributed by atoms with Crippen LogP contribution in [0.4, 0.5) is 0 Å². The van der Waals surface area contributed by atoms with Gasteiger partial charge in [0.05, 0.1) is 11.0 Å². The van der Waals surface area contributed by atoms with Crippen molar-refractivity contribution in [3.8, 4) is 0 Å². The average molecular weight is 304 g/mol. The molecule has 3 heterocycles. The van der Waals surface area contributed by atoms with Crippen molar-refractivity contribution in [1.29, 1.82) is 0 Å². The third-order valence-electron chi connectivity index (χ3n) is 8.78. The molecule has 3 saturated heterocycles. The molecular formula is C19H28O3. The van der Waals surface area contributed by atoms with E-state index in [1.54, 1.807) is 0 Å². The SMILES string of the molecule is O[C@]12O[C@@]34CCCC[C@@H]3C[C@]13CC[C@H]2C[C@@H]1CCCC[C@]13O4. The Hall–Kier alpha value is -0.120. The molecule has 22 heavy (non-hydrogen) atoms. The Balaban J connectivity index is 1.58. The van der Waals surface area contributed by atoms with Gasteiger partial charge in [-0.05, 0) is 57.3 Å². The summed E-state index contributed by atoms with van der Waals surface area (Å²) in [6, 6.07) is 0. The summed E-state index contributed by atoms with van der Waals surface area (Å²) in [4.78, 5) is 0. The van der Waals surface area contributed by atoms with Crippen LogP contribution >= 0.6 is 0 Å². The molecule has 0 aromatic carbocycles. The Labute approximate surface area is 132 Å². The molecule has 4 aliphatic carbocycles. The molecule has 3 heteroatoms. The highest BCUT2D eigenvalue weighted by Gasteiger charge is 2.84. The molecule has 0 aromatic heterocycles. The summed E-state index contributed by atoms with van der Waals surface area (Å²) in [5.41, 5.74) is -0.142. The lowest BCUT2D eigenvalue weighted by atomic mass is 9.46. The van der Waals surface area contributed by atoms with Crippen LogP contribution in [0.3, 0.4) is 0 Å². The van der Waals surface area contributed by atoms with Crippen LogP contribution in [0, 0.1) is 23.2 Å². The first-order valence-corrected chi connectivity index (χ1v) is 9.77. The minimum absolute atomic E-state index is 0.0565. The second-order valence-electron chi connectivity index (χ2n) is 9.24. The second kappa shape index (κ2) is 3.75. The van der Waals surface area contributed by atoms with Crippen LogP contribution in [0.1, 0.15) is 77.0 Å². The van der Waals surface area contributed by atoms with Crippen molar-refractivity contribution < 1.29 is 14.6 Å². The van der Waals surface area contributed by atoms with E-state index in [1.807, 2.05) is 0 Å². The van der Waals surface area contributed by atoms with Gasteiger partial charge in [-0.1, -0.05) is 19.3 Å². The third kappa shape index (κ3) is 1.14. The summed E-state index contributed by atoms with van der Waals surface area (Å²) >= 11 is 0. The van der Waals surface area contributed by atoms with Crippen LogP contribution in [-0.2, 0) is 9.47 Å². The topological polar surface area (TPSA) is 38.7 Å². The van der Waals surface area contributed by atoms with Crippen LogP contribution in [0.15, 0.2) is 0 Å². The van der Waals surface area contributed by atoms with E-state index in [-0.39, 0.29) is 11.0 Å². The van der Waals surface area contributed by atoms with Crippen molar-refractivity contribution in [3.05, 3.63) is 0 Å². The van der Waals surface area contributed by atoms with Crippen LogP contribution in [-0.4, -0.2) is 22.3 Å². The number of hydrogen-bond donors (Lipinski definition) is 1. The minimum atomic E-state index is -0.868. The zero-order valence-corrected chi connectivity index (χ0v) is 13.5. The summed E-state index contributed by atoms with van der Waals surface area (Å²) in [7, 11) is 0. The van der Waals surface area contributed by atoms with Gasteiger partial charge >= 0.3 is 0 Å². The van der Waals surface area contributed by atoms with Gasteiger partial charge in [-0.2, -0.15) is 0 Å². The van der Waals surface area contributed by atoms with Gasteiger partial charge in [0.15, 0.2) is 11.6 Å². The highest BCUT2D eigenvalue weighted by Crippen LogP contribution is 2.78. The lowest BCUT2D eigenvalue weighted by molar-refractivity contribution is -0.548. The van der Waals surface area contributed by atoms with E-state index in [0.717, 1.165) is 25.7 Å². The fourth-order valence-electron chi connectivity index (χ4n) is 8.04. The Morgan fingerprint density at radius 1 is 0.773 bits per heavy atom. The van der Waals surface area contributed by atoms with Gasteiger partial charge in [0, 0.05) is 18.3 Å². The molecule has 0 radical (unpaired) electrons. The van der Waals surface area contributed by atoms with E-state index in [9.17, 15) is 5.11 Å². The molecular weight excluding hydrogens is 276 g/mol. The maximum Gasteiger partial charge on any atom is 0.180 e.